The van der Waals surface area contributed by atoms with Crippen molar-refractivity contribution in [1.82, 2.24) is 9.47 Å². The zero-order valence-electron chi connectivity index (χ0n) is 18.3. The lowest BCUT2D eigenvalue weighted by Gasteiger charge is -2.35. The van der Waals surface area contributed by atoms with Gasteiger partial charge in [0.15, 0.2) is 11.6 Å². The van der Waals surface area contributed by atoms with Crippen molar-refractivity contribution in [2.45, 2.75) is 45.2 Å². The molecule has 0 bridgehead atoms. The summed E-state index contributed by atoms with van der Waals surface area (Å²) in [6.07, 6.45) is 5.49. The van der Waals surface area contributed by atoms with Gasteiger partial charge in [0.25, 0.3) is 0 Å². The molecular formula is C25H29F2N3O2. The fourth-order valence-corrected chi connectivity index (χ4v) is 4.62. The number of aryl methyl sites for hydroxylation is 1. The second kappa shape index (κ2) is 9.69. The van der Waals surface area contributed by atoms with Crippen LogP contribution in [0.3, 0.4) is 0 Å². The van der Waals surface area contributed by atoms with Crippen molar-refractivity contribution in [1.29, 1.82) is 0 Å². The van der Waals surface area contributed by atoms with Crippen LogP contribution in [-0.2, 0) is 13.0 Å². The summed E-state index contributed by atoms with van der Waals surface area (Å²) in [7, 11) is 0. The van der Waals surface area contributed by atoms with Gasteiger partial charge in [0.2, 0.25) is 5.91 Å². The van der Waals surface area contributed by atoms with E-state index < -0.39 is 11.7 Å². The Bertz CT molecular complexity index is 1110. The van der Waals surface area contributed by atoms with Crippen LogP contribution >= 0.6 is 0 Å². The summed E-state index contributed by atoms with van der Waals surface area (Å²) < 4.78 is 35.5. The van der Waals surface area contributed by atoms with E-state index in [0.29, 0.717) is 24.2 Å². The summed E-state index contributed by atoms with van der Waals surface area (Å²) in [6.45, 7) is 5.16. The molecule has 3 aromatic rings. The normalized spacial score (nSPS) is 15.7. The molecule has 1 aromatic heterocycles. The highest BCUT2D eigenvalue weighted by atomic mass is 19.1. The van der Waals surface area contributed by atoms with Crippen LogP contribution in [0, 0.1) is 11.6 Å². The van der Waals surface area contributed by atoms with Crippen molar-refractivity contribution in [3.8, 4) is 5.75 Å². The van der Waals surface area contributed by atoms with Gasteiger partial charge >= 0.3 is 0 Å². The van der Waals surface area contributed by atoms with Crippen LogP contribution in [0.5, 0.6) is 5.75 Å². The molecule has 7 heteroatoms. The number of hydrogen-bond donors (Lipinski definition) is 1. The highest BCUT2D eigenvalue weighted by Crippen LogP contribution is 2.32. The van der Waals surface area contributed by atoms with Crippen molar-refractivity contribution in [3.63, 3.8) is 0 Å². The van der Waals surface area contributed by atoms with E-state index in [4.69, 9.17) is 10.5 Å². The molecule has 2 aromatic carbocycles. The highest BCUT2D eigenvalue weighted by Gasteiger charge is 2.29. The number of primary amides is 1. The summed E-state index contributed by atoms with van der Waals surface area (Å²) in [5.41, 5.74) is 7.45. The number of nitrogens with zero attached hydrogens (tertiary/aromatic N) is 2. The first-order chi connectivity index (χ1) is 15.5. The van der Waals surface area contributed by atoms with Gasteiger partial charge in [0.1, 0.15) is 12.4 Å². The van der Waals surface area contributed by atoms with Crippen molar-refractivity contribution in [2.24, 2.45) is 5.73 Å². The van der Waals surface area contributed by atoms with E-state index >= 15 is 0 Å². The molecule has 0 radical (unpaired) electrons. The minimum atomic E-state index is -0.564. The number of aromatic nitrogens is 1. The van der Waals surface area contributed by atoms with E-state index in [9.17, 15) is 13.6 Å². The van der Waals surface area contributed by atoms with E-state index in [1.807, 2.05) is 18.3 Å². The van der Waals surface area contributed by atoms with E-state index in [-0.39, 0.29) is 17.6 Å². The average Bonchev–Trinajstić information content (AvgIpc) is 3.17. The number of carbonyl (C=O) groups is 1. The SMILES string of the molecule is CCCN(CCCCn1ccc2cc(F)ccc21)C1COc2c(F)ccc(C(N)=O)c2C1. The second-order valence-corrected chi connectivity index (χ2v) is 8.39. The fourth-order valence-electron chi connectivity index (χ4n) is 4.62. The van der Waals surface area contributed by atoms with Crippen molar-refractivity contribution >= 4 is 16.8 Å². The highest BCUT2D eigenvalue weighted by molar-refractivity contribution is 5.95. The number of benzene rings is 2. The molecule has 1 aliphatic heterocycles. The largest absolute Gasteiger partial charge is 0.489 e. The Labute approximate surface area is 186 Å². The molecular weight excluding hydrogens is 412 g/mol. The lowest BCUT2D eigenvalue weighted by Crippen LogP contribution is -2.44. The van der Waals surface area contributed by atoms with Gasteiger partial charge in [-0.25, -0.2) is 8.78 Å². The maximum Gasteiger partial charge on any atom is 0.249 e. The number of ether oxygens (including phenoxy) is 1. The Morgan fingerprint density at radius 2 is 2.03 bits per heavy atom. The monoisotopic (exact) mass is 441 g/mol. The maximum atomic E-state index is 14.2. The Kier molecular flexibility index (Phi) is 6.74. The number of fused-ring (bicyclic) bond motifs is 2. The lowest BCUT2D eigenvalue weighted by molar-refractivity contribution is 0.0984. The standard InChI is InChI=1S/C25H29F2N3O2/c1-2-10-29(11-3-4-12-30-13-9-17-14-18(26)5-8-23(17)30)19-15-21-20(25(28)31)6-7-22(27)24(21)32-16-19/h5-9,13-14,19H,2-4,10-12,15-16H2,1H3,(H2,28,31). The topological polar surface area (TPSA) is 60.5 Å². The minimum Gasteiger partial charge on any atom is -0.489 e. The van der Waals surface area contributed by atoms with Gasteiger partial charge in [-0.3, -0.25) is 9.69 Å². The quantitative estimate of drug-likeness (QED) is 0.497. The minimum absolute atomic E-state index is 0.0673. The predicted octanol–water partition coefficient (Wildman–Crippen LogP) is 4.51. The Balaban J connectivity index is 1.39. The molecule has 4 rings (SSSR count). The van der Waals surface area contributed by atoms with Gasteiger partial charge in [-0.05, 0) is 75.2 Å². The van der Waals surface area contributed by atoms with Crippen LogP contribution in [-0.4, -0.2) is 41.1 Å². The number of rotatable bonds is 9. The maximum absolute atomic E-state index is 14.2. The van der Waals surface area contributed by atoms with Gasteiger partial charge in [0, 0.05) is 40.8 Å². The van der Waals surface area contributed by atoms with Crippen molar-refractivity contribution < 1.29 is 18.3 Å². The van der Waals surface area contributed by atoms with Crippen LogP contribution in [0.1, 0.15) is 42.1 Å². The molecule has 1 amide bonds. The molecule has 0 saturated heterocycles. The third kappa shape index (κ3) is 4.63. The van der Waals surface area contributed by atoms with E-state index in [1.165, 1.54) is 18.2 Å². The molecule has 0 saturated carbocycles. The van der Waals surface area contributed by atoms with Crippen molar-refractivity contribution in [2.75, 3.05) is 19.7 Å². The molecule has 2 N–H and O–H groups in total. The van der Waals surface area contributed by atoms with Crippen LogP contribution in [0.4, 0.5) is 8.78 Å². The molecule has 2 heterocycles. The van der Waals surface area contributed by atoms with E-state index in [0.717, 1.165) is 49.8 Å². The molecule has 1 unspecified atom stereocenters. The van der Waals surface area contributed by atoms with Crippen molar-refractivity contribution in [3.05, 3.63) is 65.4 Å². The second-order valence-electron chi connectivity index (χ2n) is 8.39. The first-order valence-electron chi connectivity index (χ1n) is 11.2. The Morgan fingerprint density at radius 3 is 2.81 bits per heavy atom. The molecule has 1 aliphatic rings. The Morgan fingerprint density at radius 1 is 1.19 bits per heavy atom. The van der Waals surface area contributed by atoms with Crippen LogP contribution in [0.15, 0.2) is 42.6 Å². The smallest absolute Gasteiger partial charge is 0.249 e. The number of amides is 1. The van der Waals surface area contributed by atoms with Gasteiger partial charge in [-0.15, -0.1) is 0 Å². The molecule has 170 valence electrons. The van der Waals surface area contributed by atoms with Gasteiger partial charge in [-0.1, -0.05) is 6.92 Å². The molecule has 0 aliphatic carbocycles. The number of carbonyl (C=O) groups excluding carboxylic acids is 1. The summed E-state index contributed by atoms with van der Waals surface area (Å²) in [5.74, 6) is -1.08. The molecule has 1 atom stereocenters. The number of unbranched alkanes of at least 4 members (excludes halogenated alkanes) is 1. The van der Waals surface area contributed by atoms with Gasteiger partial charge in [0.05, 0.1) is 0 Å². The first-order valence-corrected chi connectivity index (χ1v) is 11.2. The molecule has 0 fully saturated rings. The van der Waals surface area contributed by atoms with Crippen LogP contribution < -0.4 is 10.5 Å². The number of nitrogens with two attached hydrogens (primary N) is 1. The zero-order chi connectivity index (χ0) is 22.7. The first kappa shape index (κ1) is 22.3. The zero-order valence-corrected chi connectivity index (χ0v) is 18.3. The molecule has 32 heavy (non-hydrogen) atoms. The molecule has 0 spiro atoms. The van der Waals surface area contributed by atoms with E-state index in [2.05, 4.69) is 16.4 Å². The number of hydrogen-bond acceptors (Lipinski definition) is 3. The average molecular weight is 442 g/mol. The van der Waals surface area contributed by atoms with Crippen LogP contribution in [0.25, 0.3) is 10.9 Å². The Hall–Kier alpha value is -2.93. The summed E-state index contributed by atoms with van der Waals surface area (Å²) >= 11 is 0. The summed E-state index contributed by atoms with van der Waals surface area (Å²) in [4.78, 5) is 14.2. The van der Waals surface area contributed by atoms with Crippen LogP contribution in [0.2, 0.25) is 0 Å². The van der Waals surface area contributed by atoms with E-state index in [1.54, 1.807) is 6.07 Å². The molecule has 5 nitrogen and oxygen atoms in total. The third-order valence-electron chi connectivity index (χ3n) is 6.19. The number of halogens is 2. The summed E-state index contributed by atoms with van der Waals surface area (Å²) in [5, 5.41) is 0.910. The van der Waals surface area contributed by atoms with Gasteiger partial charge < -0.3 is 15.0 Å². The fraction of sp³-hybridized carbons (Fsp3) is 0.400. The summed E-state index contributed by atoms with van der Waals surface area (Å²) in [6, 6.07) is 9.55. The third-order valence-corrected chi connectivity index (χ3v) is 6.19. The lowest BCUT2D eigenvalue weighted by atomic mass is 9.95. The van der Waals surface area contributed by atoms with Gasteiger partial charge in [-0.2, -0.15) is 0 Å². The predicted molar refractivity (Wildman–Crippen MR) is 121 cm³/mol.